The maximum Gasteiger partial charge on any atom is 0.245 e. The van der Waals surface area contributed by atoms with Crippen molar-refractivity contribution in [2.24, 2.45) is 11.8 Å². The largest absolute Gasteiger partial charge is 0.422 e. The van der Waals surface area contributed by atoms with Crippen LogP contribution in [0.25, 0.3) is 0 Å². The molecule has 1 aromatic rings. The Hall–Kier alpha value is -0.980. The van der Waals surface area contributed by atoms with Crippen LogP contribution in [0.4, 0.5) is 0 Å². The molecule has 0 N–H and O–H groups in total. The van der Waals surface area contributed by atoms with E-state index in [1.165, 1.54) is 32.2 Å². The smallest absolute Gasteiger partial charge is 0.245 e. The van der Waals surface area contributed by atoms with E-state index in [1.54, 1.807) is 0 Å². The van der Waals surface area contributed by atoms with Gasteiger partial charge in [-0.15, -0.1) is 10.2 Å². The van der Waals surface area contributed by atoms with Crippen LogP contribution in [0, 0.1) is 11.8 Å². The molecule has 4 aliphatic rings. The van der Waals surface area contributed by atoms with Gasteiger partial charge < -0.3 is 18.8 Å². The predicted molar refractivity (Wildman–Crippen MR) is 82.0 cm³/mol. The Kier molecular flexibility index (Phi) is 3.64. The molecule has 4 fully saturated rings. The van der Waals surface area contributed by atoms with Crippen LogP contribution in [-0.4, -0.2) is 54.0 Å². The van der Waals surface area contributed by atoms with Crippen LogP contribution >= 0.6 is 0 Å². The van der Waals surface area contributed by atoms with Crippen LogP contribution in [-0.2, 0) is 9.47 Å². The second-order valence-electron chi connectivity index (χ2n) is 7.69. The highest BCUT2D eigenvalue weighted by Crippen LogP contribution is 2.43. The zero-order valence-electron chi connectivity index (χ0n) is 13.5. The van der Waals surface area contributed by atoms with E-state index in [1.807, 2.05) is 0 Å². The quantitative estimate of drug-likeness (QED) is 0.847. The molecular weight excluding hydrogens is 294 g/mol. The number of nitrogens with zero attached hydrogens (tertiary/aromatic N) is 3. The van der Waals surface area contributed by atoms with Gasteiger partial charge >= 0.3 is 0 Å². The third-order valence-corrected chi connectivity index (χ3v) is 5.83. The molecule has 1 saturated carbocycles. The van der Waals surface area contributed by atoms with Crippen molar-refractivity contribution in [3.8, 4) is 0 Å². The molecule has 3 atom stereocenters. The fourth-order valence-electron chi connectivity index (χ4n) is 4.32. The fourth-order valence-corrected chi connectivity index (χ4v) is 4.32. The van der Waals surface area contributed by atoms with Gasteiger partial charge in [0.05, 0.1) is 6.10 Å². The molecule has 23 heavy (non-hydrogen) atoms. The van der Waals surface area contributed by atoms with E-state index < -0.39 is 0 Å². The number of fused-ring (bicyclic) bond motifs is 1. The molecule has 1 aliphatic carbocycles. The zero-order chi connectivity index (χ0) is 15.2. The van der Waals surface area contributed by atoms with Gasteiger partial charge in [-0.05, 0) is 38.0 Å². The molecule has 0 radical (unpaired) electrons. The van der Waals surface area contributed by atoms with Gasteiger partial charge in [0.15, 0.2) is 0 Å². The van der Waals surface area contributed by atoms with Crippen molar-refractivity contribution in [2.45, 2.75) is 50.2 Å². The summed E-state index contributed by atoms with van der Waals surface area (Å²) in [5, 5.41) is 8.42. The van der Waals surface area contributed by atoms with Gasteiger partial charge in [-0.3, -0.25) is 0 Å². The van der Waals surface area contributed by atoms with E-state index in [-0.39, 0.29) is 6.10 Å². The van der Waals surface area contributed by atoms with Crippen molar-refractivity contribution in [3.05, 3.63) is 11.8 Å². The lowest BCUT2D eigenvalue weighted by atomic mass is 9.99. The van der Waals surface area contributed by atoms with Crippen molar-refractivity contribution < 1.29 is 13.9 Å². The number of ether oxygens (including phenoxy) is 2. The number of hydrogen-bond donors (Lipinski definition) is 0. The minimum Gasteiger partial charge on any atom is -0.422 e. The molecule has 3 saturated heterocycles. The van der Waals surface area contributed by atoms with Crippen LogP contribution in [0.15, 0.2) is 4.42 Å². The lowest BCUT2D eigenvalue weighted by molar-refractivity contribution is 0.0170. The molecule has 6 nitrogen and oxygen atoms in total. The summed E-state index contributed by atoms with van der Waals surface area (Å²) in [5.41, 5.74) is 0. The number of hydrogen-bond acceptors (Lipinski definition) is 6. The second-order valence-corrected chi connectivity index (χ2v) is 7.69. The first-order valence-corrected chi connectivity index (χ1v) is 9.14. The molecule has 3 aliphatic heterocycles. The number of aromatic nitrogens is 2. The lowest BCUT2D eigenvalue weighted by Gasteiger charge is -2.27. The Morgan fingerprint density at radius 2 is 1.83 bits per heavy atom. The molecule has 1 aromatic heterocycles. The first-order valence-electron chi connectivity index (χ1n) is 9.14. The minimum atomic E-state index is 0.0234. The maximum absolute atomic E-state index is 6.24. The van der Waals surface area contributed by atoms with E-state index in [0.717, 1.165) is 44.5 Å². The average Bonchev–Trinajstić information content (AvgIpc) is 2.99. The highest BCUT2D eigenvalue weighted by molar-refractivity contribution is 5.03. The molecule has 5 rings (SSSR count). The summed E-state index contributed by atoms with van der Waals surface area (Å²) >= 11 is 0. The minimum absolute atomic E-state index is 0.0234. The summed E-state index contributed by atoms with van der Waals surface area (Å²) in [7, 11) is 0. The molecule has 126 valence electrons. The van der Waals surface area contributed by atoms with Crippen molar-refractivity contribution >= 4 is 0 Å². The first-order chi connectivity index (χ1) is 11.3. The second kappa shape index (κ2) is 5.83. The van der Waals surface area contributed by atoms with Crippen LogP contribution in [0.5, 0.6) is 0 Å². The molecule has 0 bridgehead atoms. The third kappa shape index (κ3) is 2.92. The van der Waals surface area contributed by atoms with E-state index in [4.69, 9.17) is 13.9 Å². The van der Waals surface area contributed by atoms with Gasteiger partial charge in [0, 0.05) is 44.7 Å². The van der Waals surface area contributed by atoms with E-state index in [0.29, 0.717) is 23.8 Å². The number of rotatable bonds is 4. The monoisotopic (exact) mass is 319 g/mol. The molecule has 4 heterocycles. The Morgan fingerprint density at radius 3 is 2.61 bits per heavy atom. The third-order valence-electron chi connectivity index (χ3n) is 5.83. The average molecular weight is 319 g/mol. The number of likely N-dealkylation sites (tertiary alicyclic amines) is 1. The van der Waals surface area contributed by atoms with Crippen molar-refractivity contribution in [1.82, 2.24) is 15.1 Å². The van der Waals surface area contributed by atoms with Crippen LogP contribution < -0.4 is 0 Å². The normalized spacial score (nSPS) is 35.7. The summed E-state index contributed by atoms with van der Waals surface area (Å²) in [6.07, 6.45) is 6.20. The van der Waals surface area contributed by atoms with Gasteiger partial charge in [-0.25, -0.2) is 0 Å². The topological polar surface area (TPSA) is 60.6 Å². The first kappa shape index (κ1) is 14.4. The Bertz CT molecular complexity index is 539. The SMILES string of the molecule is C1CC(CN2C[C@@H]3C[C@@H](c4nnc(C5CC5)o4)O[C@@H]3C2)CCO1. The van der Waals surface area contributed by atoms with E-state index in [9.17, 15) is 0 Å². The van der Waals surface area contributed by atoms with Gasteiger partial charge in [0.1, 0.15) is 6.10 Å². The van der Waals surface area contributed by atoms with E-state index in [2.05, 4.69) is 15.1 Å². The van der Waals surface area contributed by atoms with Gasteiger partial charge in [0.25, 0.3) is 0 Å². The molecule has 6 heteroatoms. The Labute approximate surface area is 136 Å². The fraction of sp³-hybridized carbons (Fsp3) is 0.882. The van der Waals surface area contributed by atoms with Gasteiger partial charge in [-0.1, -0.05) is 0 Å². The summed E-state index contributed by atoms with van der Waals surface area (Å²) in [6, 6.07) is 0. The van der Waals surface area contributed by atoms with Crippen LogP contribution in [0.1, 0.15) is 55.9 Å². The van der Waals surface area contributed by atoms with Crippen molar-refractivity contribution in [3.63, 3.8) is 0 Å². The summed E-state index contributed by atoms with van der Waals surface area (Å²) in [5.74, 6) is 3.47. The molecule has 0 aromatic carbocycles. The molecule has 0 spiro atoms. The lowest BCUT2D eigenvalue weighted by Crippen LogP contribution is -2.32. The van der Waals surface area contributed by atoms with Gasteiger partial charge in [-0.2, -0.15) is 0 Å². The van der Waals surface area contributed by atoms with Crippen molar-refractivity contribution in [1.29, 1.82) is 0 Å². The van der Waals surface area contributed by atoms with Gasteiger partial charge in [0.2, 0.25) is 11.8 Å². The van der Waals surface area contributed by atoms with Crippen LogP contribution in [0.3, 0.4) is 0 Å². The summed E-state index contributed by atoms with van der Waals surface area (Å²) in [6.45, 7) is 5.29. The molecule has 0 unspecified atom stereocenters. The van der Waals surface area contributed by atoms with E-state index >= 15 is 0 Å². The Balaban J connectivity index is 1.16. The van der Waals surface area contributed by atoms with Crippen LogP contribution in [0.2, 0.25) is 0 Å². The Morgan fingerprint density at radius 1 is 1.00 bits per heavy atom. The highest BCUT2D eigenvalue weighted by Gasteiger charge is 2.44. The highest BCUT2D eigenvalue weighted by atomic mass is 16.5. The molecule has 0 amide bonds. The molecular formula is C17H25N3O3. The maximum atomic E-state index is 6.24. The standard InChI is InChI=1S/C17H25N3O3/c1-2-12(1)16-18-19-17(23-16)14-7-13-9-20(10-15(13)22-14)8-11-3-5-21-6-4-11/h11-15H,1-10H2/t13-,14-,15+/m0/s1. The van der Waals surface area contributed by atoms with Crippen molar-refractivity contribution in [2.75, 3.05) is 32.8 Å². The predicted octanol–water partition coefficient (Wildman–Crippen LogP) is 2.14. The summed E-state index contributed by atoms with van der Waals surface area (Å²) < 4.78 is 17.5. The summed E-state index contributed by atoms with van der Waals surface area (Å²) in [4.78, 5) is 2.59. The zero-order valence-corrected chi connectivity index (χ0v) is 13.5.